The van der Waals surface area contributed by atoms with E-state index in [2.05, 4.69) is 15.7 Å². The average Bonchev–Trinajstić information content (AvgIpc) is 2.72. The Morgan fingerprint density at radius 3 is 2.67 bits per heavy atom. The minimum absolute atomic E-state index is 0.0479. The number of rotatable bonds is 5. The molecule has 0 aromatic carbocycles. The second-order valence-corrected chi connectivity index (χ2v) is 6.17. The maximum atomic E-state index is 11.8. The van der Waals surface area contributed by atoms with Gasteiger partial charge in [0, 0.05) is 19.1 Å². The molecule has 0 radical (unpaired) electrons. The molecule has 1 aromatic heterocycles. The van der Waals surface area contributed by atoms with Gasteiger partial charge in [-0.1, -0.05) is 30.9 Å². The van der Waals surface area contributed by atoms with Crippen molar-refractivity contribution in [3.63, 3.8) is 0 Å². The van der Waals surface area contributed by atoms with Gasteiger partial charge in [0.15, 0.2) is 0 Å². The van der Waals surface area contributed by atoms with E-state index in [-0.39, 0.29) is 6.03 Å². The predicted octanol–water partition coefficient (Wildman–Crippen LogP) is 3.18. The van der Waals surface area contributed by atoms with Crippen LogP contribution in [-0.4, -0.2) is 28.4 Å². The Hall–Kier alpha value is -1.23. The number of halogens is 1. The number of aromatic nitrogens is 2. The van der Waals surface area contributed by atoms with Crippen LogP contribution in [0.3, 0.4) is 0 Å². The molecule has 0 unspecified atom stereocenters. The van der Waals surface area contributed by atoms with E-state index in [4.69, 9.17) is 11.6 Å². The van der Waals surface area contributed by atoms with Crippen molar-refractivity contribution in [1.29, 1.82) is 0 Å². The lowest BCUT2D eigenvalue weighted by atomic mass is 9.96. The highest BCUT2D eigenvalue weighted by molar-refractivity contribution is 6.31. The van der Waals surface area contributed by atoms with Crippen LogP contribution in [0.25, 0.3) is 0 Å². The maximum absolute atomic E-state index is 11.8. The molecule has 0 spiro atoms. The highest BCUT2D eigenvalue weighted by Crippen LogP contribution is 2.19. The van der Waals surface area contributed by atoms with Crippen LogP contribution >= 0.6 is 11.6 Å². The number of nitrogens with one attached hydrogen (secondary N) is 2. The zero-order chi connectivity index (χ0) is 15.2. The fourth-order valence-electron chi connectivity index (χ4n) is 2.81. The SMILES string of the molecule is Cc1nn(CCCNC(=O)NC2CCCCC2)c(C)c1Cl. The fraction of sp³-hybridized carbons (Fsp3) is 0.733. The summed E-state index contributed by atoms with van der Waals surface area (Å²) in [6.07, 6.45) is 6.81. The predicted molar refractivity (Wildman–Crippen MR) is 84.7 cm³/mol. The minimum Gasteiger partial charge on any atom is -0.338 e. The number of urea groups is 1. The summed E-state index contributed by atoms with van der Waals surface area (Å²) in [6.45, 7) is 5.28. The second-order valence-electron chi connectivity index (χ2n) is 5.80. The van der Waals surface area contributed by atoms with Gasteiger partial charge in [-0.05, 0) is 33.1 Å². The van der Waals surface area contributed by atoms with Crippen LogP contribution in [-0.2, 0) is 6.54 Å². The Kier molecular flexibility index (Phi) is 5.91. The zero-order valence-corrected chi connectivity index (χ0v) is 13.7. The molecule has 0 aliphatic heterocycles. The number of carbonyl (C=O) groups excluding carboxylic acids is 1. The summed E-state index contributed by atoms with van der Waals surface area (Å²) in [6, 6.07) is 0.307. The highest BCUT2D eigenvalue weighted by atomic mass is 35.5. The molecule has 2 amide bonds. The molecule has 118 valence electrons. The van der Waals surface area contributed by atoms with Gasteiger partial charge < -0.3 is 10.6 Å². The molecule has 1 fully saturated rings. The smallest absolute Gasteiger partial charge is 0.315 e. The van der Waals surface area contributed by atoms with Crippen LogP contribution in [0, 0.1) is 13.8 Å². The number of aryl methyl sites for hydroxylation is 2. The summed E-state index contributed by atoms with van der Waals surface area (Å²) in [4.78, 5) is 11.8. The standard InChI is InChI=1S/C15H25ClN4O/c1-11-14(16)12(2)20(19-11)10-6-9-17-15(21)18-13-7-4-3-5-8-13/h13H,3-10H2,1-2H3,(H2,17,18,21). The van der Waals surface area contributed by atoms with E-state index in [1.165, 1.54) is 19.3 Å². The lowest BCUT2D eigenvalue weighted by Crippen LogP contribution is -2.43. The quantitative estimate of drug-likeness (QED) is 0.820. The van der Waals surface area contributed by atoms with E-state index in [1.807, 2.05) is 18.5 Å². The van der Waals surface area contributed by atoms with Crippen LogP contribution in [0.2, 0.25) is 5.02 Å². The molecule has 1 heterocycles. The zero-order valence-electron chi connectivity index (χ0n) is 12.9. The van der Waals surface area contributed by atoms with Gasteiger partial charge in [0.25, 0.3) is 0 Å². The number of amides is 2. The minimum atomic E-state index is -0.0479. The van der Waals surface area contributed by atoms with Crippen LogP contribution in [0.4, 0.5) is 4.79 Å². The van der Waals surface area contributed by atoms with Gasteiger partial charge in [0.1, 0.15) is 0 Å². The van der Waals surface area contributed by atoms with E-state index in [1.54, 1.807) is 0 Å². The van der Waals surface area contributed by atoms with Gasteiger partial charge in [0.05, 0.1) is 16.4 Å². The Morgan fingerprint density at radius 2 is 2.05 bits per heavy atom. The van der Waals surface area contributed by atoms with Crippen molar-refractivity contribution in [3.05, 3.63) is 16.4 Å². The van der Waals surface area contributed by atoms with Crippen molar-refractivity contribution < 1.29 is 4.79 Å². The van der Waals surface area contributed by atoms with Crippen LogP contribution in [0.1, 0.15) is 49.9 Å². The van der Waals surface area contributed by atoms with Crippen molar-refractivity contribution >= 4 is 17.6 Å². The summed E-state index contributed by atoms with van der Waals surface area (Å²) >= 11 is 6.11. The van der Waals surface area contributed by atoms with E-state index < -0.39 is 0 Å². The molecule has 1 saturated carbocycles. The molecule has 0 bridgehead atoms. The number of nitrogens with zero attached hydrogens (tertiary/aromatic N) is 2. The topological polar surface area (TPSA) is 59.0 Å². The van der Waals surface area contributed by atoms with E-state index >= 15 is 0 Å². The summed E-state index contributed by atoms with van der Waals surface area (Å²) < 4.78 is 1.90. The molecule has 1 aromatic rings. The first-order valence-corrected chi connectivity index (χ1v) is 8.19. The van der Waals surface area contributed by atoms with Crippen molar-refractivity contribution in [3.8, 4) is 0 Å². The summed E-state index contributed by atoms with van der Waals surface area (Å²) in [5, 5.41) is 11.1. The molecule has 21 heavy (non-hydrogen) atoms. The molecule has 0 atom stereocenters. The molecule has 1 aliphatic rings. The van der Waals surface area contributed by atoms with E-state index in [0.29, 0.717) is 12.6 Å². The molecule has 1 aliphatic carbocycles. The van der Waals surface area contributed by atoms with Crippen molar-refractivity contribution in [2.24, 2.45) is 0 Å². The van der Waals surface area contributed by atoms with Crippen LogP contribution in [0.15, 0.2) is 0 Å². The largest absolute Gasteiger partial charge is 0.338 e. The third-order valence-electron chi connectivity index (χ3n) is 4.07. The van der Waals surface area contributed by atoms with Gasteiger partial charge in [-0.2, -0.15) is 5.10 Å². The first-order valence-electron chi connectivity index (χ1n) is 7.82. The van der Waals surface area contributed by atoms with Crippen LogP contribution in [0.5, 0.6) is 0 Å². The Morgan fingerprint density at radius 1 is 1.33 bits per heavy atom. The van der Waals surface area contributed by atoms with Crippen LogP contribution < -0.4 is 10.6 Å². The highest BCUT2D eigenvalue weighted by Gasteiger charge is 2.15. The number of carbonyl (C=O) groups is 1. The Balaban J connectivity index is 1.64. The molecule has 0 saturated heterocycles. The monoisotopic (exact) mass is 312 g/mol. The van der Waals surface area contributed by atoms with Gasteiger partial charge in [0.2, 0.25) is 0 Å². The average molecular weight is 313 g/mol. The second kappa shape index (κ2) is 7.69. The van der Waals surface area contributed by atoms with Gasteiger partial charge in [-0.3, -0.25) is 4.68 Å². The van der Waals surface area contributed by atoms with Crippen molar-refractivity contribution in [2.45, 2.75) is 65.0 Å². The third-order valence-corrected chi connectivity index (χ3v) is 4.61. The molecule has 5 nitrogen and oxygen atoms in total. The first-order chi connectivity index (χ1) is 10.1. The van der Waals surface area contributed by atoms with Gasteiger partial charge in [-0.25, -0.2) is 4.79 Å². The molecule has 6 heteroatoms. The normalized spacial score (nSPS) is 16.0. The molecular weight excluding hydrogens is 288 g/mol. The van der Waals surface area contributed by atoms with Crippen molar-refractivity contribution in [2.75, 3.05) is 6.54 Å². The van der Waals surface area contributed by atoms with Gasteiger partial charge in [-0.15, -0.1) is 0 Å². The maximum Gasteiger partial charge on any atom is 0.315 e. The van der Waals surface area contributed by atoms with Gasteiger partial charge >= 0.3 is 6.03 Å². The molecular formula is C15H25ClN4O. The Bertz CT molecular complexity index is 480. The number of hydrogen-bond acceptors (Lipinski definition) is 2. The molecule has 2 N–H and O–H groups in total. The van der Waals surface area contributed by atoms with Crippen molar-refractivity contribution in [1.82, 2.24) is 20.4 Å². The Labute approximate surface area is 131 Å². The fourth-order valence-corrected chi connectivity index (χ4v) is 2.94. The third kappa shape index (κ3) is 4.63. The lowest BCUT2D eigenvalue weighted by Gasteiger charge is -2.22. The summed E-state index contributed by atoms with van der Waals surface area (Å²) in [5.74, 6) is 0. The summed E-state index contributed by atoms with van der Waals surface area (Å²) in [7, 11) is 0. The summed E-state index contributed by atoms with van der Waals surface area (Å²) in [5.41, 5.74) is 1.85. The number of hydrogen-bond donors (Lipinski definition) is 2. The van der Waals surface area contributed by atoms with E-state index in [9.17, 15) is 4.79 Å². The first kappa shape index (κ1) is 16.1. The lowest BCUT2D eigenvalue weighted by molar-refractivity contribution is 0.232. The molecule has 2 rings (SSSR count). The van der Waals surface area contributed by atoms with E-state index in [0.717, 1.165) is 42.2 Å².